The maximum atomic E-state index is 12.9. The third kappa shape index (κ3) is 3.77. The lowest BCUT2D eigenvalue weighted by Crippen LogP contribution is -2.49. The topological polar surface area (TPSA) is 78.4 Å². The largest absolute Gasteiger partial charge is 0.353 e. The van der Waals surface area contributed by atoms with Crippen LogP contribution in [0.15, 0.2) is 30.6 Å². The molecule has 1 N–H and O–H groups in total. The predicted octanol–water partition coefficient (Wildman–Crippen LogP) is 2.02. The monoisotopic (exact) mass is 365 g/mol. The molecule has 27 heavy (non-hydrogen) atoms. The molecule has 0 unspecified atom stereocenters. The van der Waals surface area contributed by atoms with Gasteiger partial charge in [-0.25, -0.2) is 9.97 Å². The van der Waals surface area contributed by atoms with Gasteiger partial charge in [0, 0.05) is 55.6 Å². The Bertz CT molecular complexity index is 874. The maximum absolute atomic E-state index is 12.9. The average molecular weight is 365 g/mol. The Labute approximate surface area is 158 Å². The Kier molecular flexibility index (Phi) is 4.75. The molecule has 3 heterocycles. The van der Waals surface area contributed by atoms with Gasteiger partial charge in [-0.2, -0.15) is 0 Å². The standard InChI is InChI=1S/C20H23N5O2/c1-14-11-18(22-13-21-14)24-7-9-25(10-8-24)20(27)16-5-6-17-15(12-16)3-2-4-19(26)23-17/h5-6,11-13H,2-4,7-10H2,1H3,(H,23,26). The van der Waals surface area contributed by atoms with Crippen molar-refractivity contribution in [2.24, 2.45) is 0 Å². The van der Waals surface area contributed by atoms with Gasteiger partial charge in [0.2, 0.25) is 5.91 Å². The molecule has 0 saturated carbocycles. The van der Waals surface area contributed by atoms with E-state index < -0.39 is 0 Å². The Morgan fingerprint density at radius 1 is 1.07 bits per heavy atom. The summed E-state index contributed by atoms with van der Waals surface area (Å²) in [4.78, 5) is 37.2. The molecular weight excluding hydrogens is 342 g/mol. The van der Waals surface area contributed by atoms with Crippen molar-refractivity contribution in [2.75, 3.05) is 36.4 Å². The molecule has 2 amide bonds. The predicted molar refractivity (Wildman–Crippen MR) is 103 cm³/mol. The zero-order chi connectivity index (χ0) is 18.8. The van der Waals surface area contributed by atoms with E-state index in [0.29, 0.717) is 25.1 Å². The molecule has 7 heteroatoms. The van der Waals surface area contributed by atoms with Crippen LogP contribution in [-0.2, 0) is 11.2 Å². The van der Waals surface area contributed by atoms with E-state index in [2.05, 4.69) is 20.2 Å². The fraction of sp³-hybridized carbons (Fsp3) is 0.400. The number of benzene rings is 1. The van der Waals surface area contributed by atoms with Crippen molar-refractivity contribution in [3.05, 3.63) is 47.4 Å². The summed E-state index contributed by atoms with van der Waals surface area (Å²) in [6.07, 6.45) is 3.74. The molecule has 0 aliphatic carbocycles. The molecule has 0 atom stereocenters. The van der Waals surface area contributed by atoms with Crippen LogP contribution in [0.1, 0.15) is 34.5 Å². The summed E-state index contributed by atoms with van der Waals surface area (Å²) in [5.41, 5.74) is 3.51. The number of nitrogens with one attached hydrogen (secondary N) is 1. The van der Waals surface area contributed by atoms with Gasteiger partial charge >= 0.3 is 0 Å². The van der Waals surface area contributed by atoms with Crippen molar-refractivity contribution in [3.8, 4) is 0 Å². The summed E-state index contributed by atoms with van der Waals surface area (Å²) in [5, 5.41) is 2.91. The third-order valence-electron chi connectivity index (χ3n) is 5.16. The number of carbonyl (C=O) groups is 2. The summed E-state index contributed by atoms with van der Waals surface area (Å²) in [7, 11) is 0. The number of amides is 2. The number of anilines is 2. The van der Waals surface area contributed by atoms with E-state index >= 15 is 0 Å². The van der Waals surface area contributed by atoms with E-state index in [1.165, 1.54) is 0 Å². The zero-order valence-electron chi connectivity index (χ0n) is 15.4. The van der Waals surface area contributed by atoms with Crippen LogP contribution in [0.25, 0.3) is 0 Å². The normalized spacial score (nSPS) is 17.1. The fourth-order valence-electron chi connectivity index (χ4n) is 3.64. The highest BCUT2D eigenvalue weighted by Crippen LogP contribution is 2.24. The summed E-state index contributed by atoms with van der Waals surface area (Å²) in [5.74, 6) is 1.01. The van der Waals surface area contributed by atoms with Crippen molar-refractivity contribution in [3.63, 3.8) is 0 Å². The molecule has 1 saturated heterocycles. The molecule has 4 rings (SSSR count). The van der Waals surface area contributed by atoms with Gasteiger partial charge in [-0.3, -0.25) is 9.59 Å². The van der Waals surface area contributed by atoms with Gasteiger partial charge in [0.1, 0.15) is 12.1 Å². The first-order valence-corrected chi connectivity index (χ1v) is 9.36. The highest BCUT2D eigenvalue weighted by Gasteiger charge is 2.24. The van der Waals surface area contributed by atoms with E-state index in [4.69, 9.17) is 0 Å². The highest BCUT2D eigenvalue weighted by molar-refractivity contribution is 5.97. The zero-order valence-corrected chi connectivity index (χ0v) is 15.4. The number of fused-ring (bicyclic) bond motifs is 1. The number of hydrogen-bond acceptors (Lipinski definition) is 5. The second-order valence-corrected chi connectivity index (χ2v) is 7.07. The number of nitrogens with zero attached hydrogens (tertiary/aromatic N) is 4. The Balaban J connectivity index is 1.44. The molecule has 0 radical (unpaired) electrons. The lowest BCUT2D eigenvalue weighted by atomic mass is 10.0. The second-order valence-electron chi connectivity index (χ2n) is 7.07. The van der Waals surface area contributed by atoms with Gasteiger partial charge in [-0.1, -0.05) is 0 Å². The molecule has 0 bridgehead atoms. The number of carbonyl (C=O) groups excluding carboxylic acids is 2. The Morgan fingerprint density at radius 2 is 1.89 bits per heavy atom. The minimum atomic E-state index is 0.0453. The van der Waals surface area contributed by atoms with Gasteiger partial charge in [0.15, 0.2) is 0 Å². The van der Waals surface area contributed by atoms with Crippen LogP contribution in [-0.4, -0.2) is 52.9 Å². The fourth-order valence-corrected chi connectivity index (χ4v) is 3.64. The van der Waals surface area contributed by atoms with Gasteiger partial charge in [0.05, 0.1) is 0 Å². The summed E-state index contributed by atoms with van der Waals surface area (Å²) in [6.45, 7) is 4.78. The van der Waals surface area contributed by atoms with E-state index in [0.717, 1.165) is 48.7 Å². The SMILES string of the molecule is Cc1cc(N2CCN(C(=O)c3ccc4c(c3)CCCC(=O)N4)CC2)ncn1. The van der Waals surface area contributed by atoms with Crippen LogP contribution in [0.5, 0.6) is 0 Å². The van der Waals surface area contributed by atoms with Crippen LogP contribution in [0, 0.1) is 6.92 Å². The Morgan fingerprint density at radius 3 is 2.67 bits per heavy atom. The van der Waals surface area contributed by atoms with Crippen LogP contribution in [0.3, 0.4) is 0 Å². The summed E-state index contributed by atoms with van der Waals surface area (Å²) in [6, 6.07) is 7.57. The molecule has 140 valence electrons. The minimum Gasteiger partial charge on any atom is -0.353 e. The number of hydrogen-bond donors (Lipinski definition) is 1. The first-order chi connectivity index (χ1) is 13.1. The van der Waals surface area contributed by atoms with Crippen molar-refractivity contribution in [2.45, 2.75) is 26.2 Å². The van der Waals surface area contributed by atoms with Crippen molar-refractivity contribution in [1.29, 1.82) is 0 Å². The van der Waals surface area contributed by atoms with Gasteiger partial charge < -0.3 is 15.1 Å². The number of piperazine rings is 1. The summed E-state index contributed by atoms with van der Waals surface area (Å²) < 4.78 is 0. The summed E-state index contributed by atoms with van der Waals surface area (Å²) >= 11 is 0. The van der Waals surface area contributed by atoms with Gasteiger partial charge in [-0.05, 0) is 43.5 Å². The maximum Gasteiger partial charge on any atom is 0.253 e. The molecule has 0 spiro atoms. The first-order valence-electron chi connectivity index (χ1n) is 9.36. The highest BCUT2D eigenvalue weighted by atomic mass is 16.2. The molecule has 1 aromatic heterocycles. The molecular formula is C20H23N5O2. The number of aromatic nitrogens is 2. The average Bonchev–Trinajstić information content (AvgIpc) is 2.87. The van der Waals surface area contributed by atoms with E-state index in [-0.39, 0.29) is 11.8 Å². The van der Waals surface area contributed by atoms with E-state index in [9.17, 15) is 9.59 Å². The van der Waals surface area contributed by atoms with Crippen molar-refractivity contribution in [1.82, 2.24) is 14.9 Å². The van der Waals surface area contributed by atoms with Crippen LogP contribution in [0.4, 0.5) is 11.5 Å². The van der Waals surface area contributed by atoms with Crippen molar-refractivity contribution < 1.29 is 9.59 Å². The first kappa shape index (κ1) is 17.5. The molecule has 7 nitrogen and oxygen atoms in total. The van der Waals surface area contributed by atoms with Gasteiger partial charge in [-0.15, -0.1) is 0 Å². The van der Waals surface area contributed by atoms with Crippen LogP contribution < -0.4 is 10.2 Å². The molecule has 2 aromatic rings. The third-order valence-corrected chi connectivity index (χ3v) is 5.16. The van der Waals surface area contributed by atoms with Crippen LogP contribution >= 0.6 is 0 Å². The lowest BCUT2D eigenvalue weighted by molar-refractivity contribution is -0.116. The van der Waals surface area contributed by atoms with Crippen LogP contribution in [0.2, 0.25) is 0 Å². The van der Waals surface area contributed by atoms with E-state index in [1.54, 1.807) is 6.33 Å². The Hall–Kier alpha value is -2.96. The second kappa shape index (κ2) is 7.34. The van der Waals surface area contributed by atoms with Gasteiger partial charge in [0.25, 0.3) is 5.91 Å². The number of rotatable bonds is 2. The lowest BCUT2D eigenvalue weighted by Gasteiger charge is -2.35. The smallest absolute Gasteiger partial charge is 0.253 e. The number of aryl methyl sites for hydroxylation is 2. The quantitative estimate of drug-likeness (QED) is 0.881. The molecule has 1 aromatic carbocycles. The van der Waals surface area contributed by atoms with E-state index in [1.807, 2.05) is 36.1 Å². The molecule has 1 fully saturated rings. The molecule has 2 aliphatic heterocycles. The molecule has 2 aliphatic rings. The minimum absolute atomic E-state index is 0.0453. The van der Waals surface area contributed by atoms with Crippen molar-refractivity contribution >= 4 is 23.3 Å².